The number of nitrogens with zero attached hydrogens (tertiary/aromatic N) is 5. The lowest BCUT2D eigenvalue weighted by atomic mass is 9.94. The van der Waals surface area contributed by atoms with E-state index in [1.54, 1.807) is 13.8 Å². The van der Waals surface area contributed by atoms with Crippen molar-refractivity contribution in [2.75, 3.05) is 51.0 Å². The molecule has 3 N–H and O–H groups in total. The average Bonchev–Trinajstić information content (AvgIpc) is 3.25. The second-order valence-electron chi connectivity index (χ2n) is 12.6. The smallest absolute Gasteiger partial charge is 0.323 e. The summed E-state index contributed by atoms with van der Waals surface area (Å²) in [6.07, 6.45) is 7.13. The summed E-state index contributed by atoms with van der Waals surface area (Å²) in [5.41, 5.74) is 2.24. The third-order valence-corrected chi connectivity index (χ3v) is 9.02. The molecule has 272 valence electrons. The zero-order chi connectivity index (χ0) is 36.8. The number of alkyl halides is 1. The van der Waals surface area contributed by atoms with Crippen molar-refractivity contribution in [1.82, 2.24) is 19.9 Å². The summed E-state index contributed by atoms with van der Waals surface area (Å²) in [6, 6.07) is 5.79. The molecule has 11 nitrogen and oxygen atoms in total. The molecule has 14 heteroatoms. The Morgan fingerprint density at radius 1 is 1.22 bits per heavy atom. The number of ether oxygens (including phenoxy) is 3. The molecule has 0 saturated carbocycles. The fraction of sp³-hybridized carbons (Fsp3) is 0.432. The van der Waals surface area contributed by atoms with Crippen LogP contribution in [0.3, 0.4) is 0 Å². The Morgan fingerprint density at radius 3 is 2.63 bits per heavy atom. The number of terminal acetylenes is 1. The maximum Gasteiger partial charge on any atom is 0.323 e. The Morgan fingerprint density at radius 2 is 1.98 bits per heavy atom. The lowest BCUT2D eigenvalue weighted by Gasteiger charge is -2.36. The van der Waals surface area contributed by atoms with Crippen molar-refractivity contribution >= 4 is 27.5 Å². The molecule has 4 aromatic rings. The second-order valence-corrected chi connectivity index (χ2v) is 12.6. The van der Waals surface area contributed by atoms with Crippen LogP contribution in [0.1, 0.15) is 38.3 Å². The van der Waals surface area contributed by atoms with E-state index in [0.29, 0.717) is 45.4 Å². The van der Waals surface area contributed by atoms with E-state index in [2.05, 4.69) is 32.7 Å². The van der Waals surface area contributed by atoms with Crippen LogP contribution in [0.2, 0.25) is 0 Å². The topological polar surface area (TPSA) is 134 Å². The summed E-state index contributed by atoms with van der Waals surface area (Å²) in [6.45, 7) is 9.41. The van der Waals surface area contributed by atoms with Gasteiger partial charge in [0.1, 0.15) is 17.4 Å². The van der Waals surface area contributed by atoms with Gasteiger partial charge in [0.2, 0.25) is 0 Å². The van der Waals surface area contributed by atoms with Gasteiger partial charge in [0.05, 0.1) is 61.0 Å². The van der Waals surface area contributed by atoms with Gasteiger partial charge in [-0.25, -0.2) is 13.2 Å². The SMILES string of the molecule is C#Cc1c(F)ccc2cc(O)cc(-c3ncc4c(N5CCOCC(C)C5F)nc(OC(O)O)nc4c3C)c12.CCN(CC/C(C)=C\F)C1COC1. The first-order valence-electron chi connectivity index (χ1n) is 16.7. The van der Waals surface area contributed by atoms with Crippen LogP contribution < -0.4 is 9.64 Å². The van der Waals surface area contributed by atoms with Crippen molar-refractivity contribution in [3.63, 3.8) is 0 Å². The number of phenols is 1. The minimum atomic E-state index is -2.22. The molecular weight excluding hydrogens is 667 g/mol. The zero-order valence-corrected chi connectivity index (χ0v) is 28.9. The second kappa shape index (κ2) is 16.7. The van der Waals surface area contributed by atoms with E-state index in [0.717, 1.165) is 38.3 Å². The molecule has 4 heterocycles. The number of likely N-dealkylation sites (N-methyl/N-ethyl adjacent to an activating group) is 1. The Hall–Kier alpha value is -4.52. The molecule has 2 aromatic carbocycles. The number of aromatic hydroxyl groups is 1. The fourth-order valence-corrected chi connectivity index (χ4v) is 6.14. The number of hydrogen-bond donors (Lipinski definition) is 3. The van der Waals surface area contributed by atoms with Crippen molar-refractivity contribution in [1.29, 1.82) is 0 Å². The van der Waals surface area contributed by atoms with Gasteiger partial charge in [-0.05, 0) is 56.0 Å². The highest BCUT2D eigenvalue weighted by atomic mass is 19.1. The Balaban J connectivity index is 0.000000328. The number of rotatable bonds is 9. The lowest BCUT2D eigenvalue weighted by Crippen LogP contribution is -2.49. The average molecular weight is 710 g/mol. The normalized spacial score (nSPS) is 18.4. The van der Waals surface area contributed by atoms with Crippen LogP contribution in [0.25, 0.3) is 32.9 Å². The molecule has 0 bridgehead atoms. The first kappa shape index (κ1) is 37.7. The standard InChI is InChI=1S/C27H24F2N4O5.C10H18FNO/c1-4-17-20(28)6-5-15-9-16(34)10-18(21(15)17)22-14(3)23-19(11-30-22)25(32-26(31-23)38-27(35)36)33-7-8-37-12-13(2)24(33)29;1-3-12(10-7-13-8-10)5-4-9(2)6-11/h1,5-6,9-11,13,24,27,34-36H,7-8,12H2,2-3H3;6,10H,3-5,7-8H2,1-2H3/b;9-6-. The van der Waals surface area contributed by atoms with E-state index in [9.17, 15) is 24.1 Å². The lowest BCUT2D eigenvalue weighted by molar-refractivity contribution is -0.183. The first-order valence-corrected chi connectivity index (χ1v) is 16.7. The molecule has 0 radical (unpaired) electrons. The molecule has 2 atom stereocenters. The molecule has 0 aliphatic carbocycles. The Labute approximate surface area is 294 Å². The van der Waals surface area contributed by atoms with Gasteiger partial charge in [0.15, 0.2) is 6.30 Å². The molecule has 2 aromatic heterocycles. The summed E-state index contributed by atoms with van der Waals surface area (Å²) in [5.74, 6) is 1.35. The predicted octanol–water partition coefficient (Wildman–Crippen LogP) is 5.37. The molecule has 2 fully saturated rings. The number of hydrogen-bond acceptors (Lipinski definition) is 11. The van der Waals surface area contributed by atoms with Gasteiger partial charge in [0.25, 0.3) is 0 Å². The molecule has 2 saturated heterocycles. The molecule has 2 aliphatic heterocycles. The monoisotopic (exact) mass is 709 g/mol. The van der Waals surface area contributed by atoms with Gasteiger partial charge in [0, 0.05) is 41.7 Å². The highest BCUT2D eigenvalue weighted by molar-refractivity contribution is 6.04. The van der Waals surface area contributed by atoms with Crippen molar-refractivity contribution in [2.45, 2.75) is 52.9 Å². The van der Waals surface area contributed by atoms with E-state index in [-0.39, 0.29) is 42.4 Å². The largest absolute Gasteiger partial charge is 0.508 e. The van der Waals surface area contributed by atoms with Crippen molar-refractivity contribution < 1.29 is 42.7 Å². The van der Waals surface area contributed by atoms with Crippen LogP contribution >= 0.6 is 0 Å². The van der Waals surface area contributed by atoms with Crippen LogP contribution in [0.5, 0.6) is 11.8 Å². The molecule has 6 rings (SSSR count). The van der Waals surface area contributed by atoms with Gasteiger partial charge >= 0.3 is 12.5 Å². The minimum absolute atomic E-state index is 0.00780. The quantitative estimate of drug-likeness (QED) is 0.118. The van der Waals surface area contributed by atoms with Gasteiger partial charge in [-0.1, -0.05) is 25.8 Å². The minimum Gasteiger partial charge on any atom is -0.508 e. The predicted molar refractivity (Wildman–Crippen MR) is 187 cm³/mol. The maximum atomic E-state index is 15.4. The van der Waals surface area contributed by atoms with E-state index in [1.807, 2.05) is 6.92 Å². The van der Waals surface area contributed by atoms with Crippen LogP contribution in [-0.4, -0.2) is 100 Å². The fourth-order valence-electron chi connectivity index (χ4n) is 6.14. The van der Waals surface area contributed by atoms with Crippen LogP contribution in [0, 0.1) is 31.0 Å². The van der Waals surface area contributed by atoms with Crippen molar-refractivity contribution in [2.24, 2.45) is 5.92 Å². The van der Waals surface area contributed by atoms with E-state index in [1.165, 1.54) is 35.4 Å². The molecule has 2 unspecified atom stereocenters. The summed E-state index contributed by atoms with van der Waals surface area (Å²) in [7, 11) is 0. The van der Waals surface area contributed by atoms with E-state index >= 15 is 4.39 Å². The number of aliphatic hydroxyl groups excluding tert-OH is 1. The van der Waals surface area contributed by atoms with Gasteiger partial charge < -0.3 is 34.4 Å². The van der Waals surface area contributed by atoms with Gasteiger partial charge in [-0.3, -0.25) is 9.88 Å². The Kier molecular flexibility index (Phi) is 12.3. The van der Waals surface area contributed by atoms with Crippen LogP contribution in [0.15, 0.2) is 42.4 Å². The highest BCUT2D eigenvalue weighted by Crippen LogP contribution is 2.39. The number of anilines is 1. The number of aliphatic hydroxyl groups is 2. The molecular formula is C37H42F3N5O6. The highest BCUT2D eigenvalue weighted by Gasteiger charge is 2.31. The third-order valence-electron chi connectivity index (χ3n) is 9.02. The Bertz CT molecular complexity index is 1930. The van der Waals surface area contributed by atoms with E-state index < -0.39 is 30.5 Å². The number of benzene rings is 2. The van der Waals surface area contributed by atoms with E-state index in [4.69, 9.17) is 20.6 Å². The summed E-state index contributed by atoms with van der Waals surface area (Å²) < 4.78 is 57.7. The zero-order valence-electron chi connectivity index (χ0n) is 28.9. The number of halogens is 3. The number of aryl methyl sites for hydroxylation is 1. The van der Waals surface area contributed by atoms with Crippen molar-refractivity contribution in [3.05, 3.63) is 59.3 Å². The van der Waals surface area contributed by atoms with Crippen LogP contribution in [-0.2, 0) is 9.47 Å². The van der Waals surface area contributed by atoms with Crippen molar-refractivity contribution in [3.8, 4) is 35.4 Å². The first-order chi connectivity index (χ1) is 24.5. The molecule has 0 spiro atoms. The molecule has 0 amide bonds. The van der Waals surface area contributed by atoms with Gasteiger partial charge in [-0.2, -0.15) is 9.97 Å². The molecule has 51 heavy (non-hydrogen) atoms. The summed E-state index contributed by atoms with van der Waals surface area (Å²) >= 11 is 0. The third kappa shape index (κ3) is 8.35. The maximum absolute atomic E-state index is 15.4. The number of fused-ring (bicyclic) bond motifs is 2. The molecule has 2 aliphatic rings. The summed E-state index contributed by atoms with van der Waals surface area (Å²) in [4.78, 5) is 16.9. The number of phenolic OH excluding ortho intramolecular Hbond substituents is 1. The summed E-state index contributed by atoms with van der Waals surface area (Å²) in [5, 5.41) is 30.5. The van der Waals surface area contributed by atoms with Gasteiger partial charge in [-0.15, -0.1) is 6.42 Å². The number of aromatic nitrogens is 3. The van der Waals surface area contributed by atoms with Crippen LogP contribution in [0.4, 0.5) is 19.0 Å². The number of pyridine rings is 1.